The highest BCUT2D eigenvalue weighted by atomic mass is 32.2. The van der Waals surface area contributed by atoms with Crippen molar-refractivity contribution in [2.24, 2.45) is 5.92 Å². The molecule has 3 rings (SSSR count). The minimum absolute atomic E-state index is 0.0812. The van der Waals surface area contributed by atoms with Gasteiger partial charge in [-0.25, -0.2) is 12.8 Å². The lowest BCUT2D eigenvalue weighted by Gasteiger charge is -2.30. The number of nitrogens with zero attached hydrogens (tertiary/aromatic N) is 1. The summed E-state index contributed by atoms with van der Waals surface area (Å²) in [6.45, 7) is 2.28. The number of nitrogens with one attached hydrogen (secondary N) is 1. The van der Waals surface area contributed by atoms with Gasteiger partial charge in [-0.3, -0.25) is 9.59 Å². The Morgan fingerprint density at radius 2 is 1.73 bits per heavy atom. The van der Waals surface area contributed by atoms with E-state index in [0.29, 0.717) is 6.54 Å². The van der Waals surface area contributed by atoms with Crippen LogP contribution in [0.1, 0.15) is 37.7 Å². The van der Waals surface area contributed by atoms with Crippen molar-refractivity contribution in [1.29, 1.82) is 0 Å². The Balaban J connectivity index is 1.44. The van der Waals surface area contributed by atoms with Gasteiger partial charge < -0.3 is 10.1 Å². The molecule has 1 N–H and O–H groups in total. The number of ether oxygens (including phenoxy) is 1. The molecule has 0 aromatic heterocycles. The molecule has 2 aromatic rings. The fraction of sp³-hybridized carbons (Fsp3) is 0.417. The summed E-state index contributed by atoms with van der Waals surface area (Å²) < 4.78 is 45.6. The summed E-state index contributed by atoms with van der Waals surface area (Å²) >= 11 is 0. The molecule has 0 aliphatic carbocycles. The van der Waals surface area contributed by atoms with E-state index in [0.717, 1.165) is 18.1 Å². The minimum atomic E-state index is -3.97. The van der Waals surface area contributed by atoms with Gasteiger partial charge in [-0.2, -0.15) is 4.31 Å². The molecule has 1 atom stereocenters. The lowest BCUT2D eigenvalue weighted by molar-refractivity contribution is -0.153. The Bertz CT molecular complexity index is 1050. The van der Waals surface area contributed by atoms with Crippen LogP contribution in [0, 0.1) is 11.7 Å². The van der Waals surface area contributed by atoms with E-state index >= 15 is 0 Å². The number of hydrogen-bond donors (Lipinski definition) is 1. The van der Waals surface area contributed by atoms with E-state index in [1.54, 1.807) is 0 Å². The lowest BCUT2D eigenvalue weighted by atomic mass is 9.96. The highest BCUT2D eigenvalue weighted by Crippen LogP contribution is 2.26. The van der Waals surface area contributed by atoms with Gasteiger partial charge in [0.25, 0.3) is 5.91 Å². The van der Waals surface area contributed by atoms with Crippen LogP contribution < -0.4 is 5.32 Å². The van der Waals surface area contributed by atoms with E-state index in [9.17, 15) is 22.4 Å². The first-order valence-electron chi connectivity index (χ1n) is 11.1. The number of hydrogen-bond acceptors (Lipinski definition) is 5. The largest absolute Gasteiger partial charge is 0.455 e. The van der Waals surface area contributed by atoms with Crippen molar-refractivity contribution in [1.82, 2.24) is 9.62 Å². The van der Waals surface area contributed by atoms with E-state index < -0.39 is 27.7 Å². The molecule has 0 saturated carbocycles. The number of halogens is 1. The van der Waals surface area contributed by atoms with Gasteiger partial charge >= 0.3 is 5.97 Å². The van der Waals surface area contributed by atoms with Gasteiger partial charge in [0.2, 0.25) is 10.0 Å². The van der Waals surface area contributed by atoms with Gasteiger partial charge in [0, 0.05) is 25.6 Å². The average Bonchev–Trinajstić information content (AvgIpc) is 2.84. The maximum atomic E-state index is 13.9. The molecule has 1 heterocycles. The number of amides is 1. The summed E-state index contributed by atoms with van der Waals surface area (Å²) in [5.41, 5.74) is 1.13. The summed E-state index contributed by atoms with van der Waals surface area (Å²) in [4.78, 5) is 24.1. The van der Waals surface area contributed by atoms with E-state index in [4.69, 9.17) is 4.74 Å². The van der Waals surface area contributed by atoms with Crippen LogP contribution in [0.3, 0.4) is 0 Å². The Morgan fingerprint density at radius 3 is 2.36 bits per heavy atom. The molecule has 2 aromatic carbocycles. The summed E-state index contributed by atoms with van der Waals surface area (Å²) in [5.74, 6) is -2.03. The van der Waals surface area contributed by atoms with Crippen molar-refractivity contribution in [2.75, 3.05) is 26.2 Å². The van der Waals surface area contributed by atoms with Gasteiger partial charge in [0.15, 0.2) is 6.61 Å². The first-order valence-corrected chi connectivity index (χ1v) is 12.5. The third kappa shape index (κ3) is 6.39. The Morgan fingerprint density at radius 1 is 1.09 bits per heavy atom. The number of esters is 1. The minimum Gasteiger partial charge on any atom is -0.455 e. The van der Waals surface area contributed by atoms with Crippen LogP contribution >= 0.6 is 0 Å². The van der Waals surface area contributed by atoms with Crippen molar-refractivity contribution in [2.45, 2.75) is 37.0 Å². The standard InChI is InChI=1S/C24H29FN2O5S/c1-2-18(19-8-4-3-5-9-19)16-26-23(28)17-32-24(29)20-12-14-27(15-13-20)33(30,31)22-11-7-6-10-21(22)25/h3-11,18,20H,2,12-17H2,1H3,(H,26,28)/t18-/m1/s1. The molecule has 1 saturated heterocycles. The van der Waals surface area contributed by atoms with Crippen molar-refractivity contribution in [3.8, 4) is 0 Å². The molecule has 9 heteroatoms. The number of sulfonamides is 1. The van der Waals surface area contributed by atoms with E-state index in [2.05, 4.69) is 5.32 Å². The second-order valence-corrected chi connectivity index (χ2v) is 9.94. The number of carbonyl (C=O) groups excluding carboxylic acids is 2. The molecule has 178 valence electrons. The molecule has 7 nitrogen and oxygen atoms in total. The van der Waals surface area contributed by atoms with Crippen LogP contribution in [-0.4, -0.2) is 50.8 Å². The van der Waals surface area contributed by atoms with Gasteiger partial charge in [-0.05, 0) is 37.0 Å². The molecular weight excluding hydrogens is 447 g/mol. The summed E-state index contributed by atoms with van der Waals surface area (Å²) in [6.07, 6.45) is 1.36. The van der Waals surface area contributed by atoms with E-state index in [-0.39, 0.29) is 49.3 Å². The maximum Gasteiger partial charge on any atom is 0.309 e. The highest BCUT2D eigenvalue weighted by Gasteiger charge is 2.34. The Labute approximate surface area is 194 Å². The second kappa shape index (κ2) is 11.4. The van der Waals surface area contributed by atoms with Crippen molar-refractivity contribution >= 4 is 21.9 Å². The quantitative estimate of drug-likeness (QED) is 0.562. The predicted molar refractivity (Wildman–Crippen MR) is 121 cm³/mol. The topological polar surface area (TPSA) is 92.8 Å². The maximum absolute atomic E-state index is 13.9. The molecule has 1 amide bonds. The van der Waals surface area contributed by atoms with Crippen molar-refractivity contribution in [3.05, 3.63) is 66.0 Å². The molecule has 33 heavy (non-hydrogen) atoms. The molecule has 1 aliphatic rings. The normalized spacial score (nSPS) is 16.2. The predicted octanol–water partition coefficient (Wildman–Crippen LogP) is 3.08. The zero-order chi connectivity index (χ0) is 23.8. The number of benzene rings is 2. The van der Waals surface area contributed by atoms with Crippen LogP contribution in [0.15, 0.2) is 59.5 Å². The second-order valence-electron chi connectivity index (χ2n) is 8.04. The van der Waals surface area contributed by atoms with Gasteiger partial charge in [-0.15, -0.1) is 0 Å². The number of piperidine rings is 1. The molecule has 0 spiro atoms. The van der Waals surface area contributed by atoms with Crippen LogP contribution in [0.5, 0.6) is 0 Å². The van der Waals surface area contributed by atoms with Crippen LogP contribution in [0.25, 0.3) is 0 Å². The van der Waals surface area contributed by atoms with Crippen LogP contribution in [0.4, 0.5) is 4.39 Å². The molecule has 0 radical (unpaired) electrons. The molecule has 1 fully saturated rings. The smallest absolute Gasteiger partial charge is 0.309 e. The zero-order valence-corrected chi connectivity index (χ0v) is 19.4. The van der Waals surface area contributed by atoms with Crippen molar-refractivity contribution in [3.63, 3.8) is 0 Å². The van der Waals surface area contributed by atoms with Gasteiger partial charge in [0.05, 0.1) is 5.92 Å². The highest BCUT2D eigenvalue weighted by molar-refractivity contribution is 7.89. The molecule has 0 unspecified atom stereocenters. The average molecular weight is 477 g/mol. The van der Waals surface area contributed by atoms with Crippen LogP contribution in [0.2, 0.25) is 0 Å². The van der Waals surface area contributed by atoms with Crippen molar-refractivity contribution < 1.29 is 27.1 Å². The lowest BCUT2D eigenvalue weighted by Crippen LogP contribution is -2.41. The third-order valence-electron chi connectivity index (χ3n) is 5.90. The van der Waals surface area contributed by atoms with Gasteiger partial charge in [-0.1, -0.05) is 49.4 Å². The molecular formula is C24H29FN2O5S. The molecule has 0 bridgehead atoms. The molecule has 1 aliphatic heterocycles. The first-order chi connectivity index (χ1) is 15.8. The number of rotatable bonds is 9. The summed E-state index contributed by atoms with van der Waals surface area (Å²) in [7, 11) is -3.97. The fourth-order valence-corrected chi connectivity index (χ4v) is 5.43. The van der Waals surface area contributed by atoms with Gasteiger partial charge in [0.1, 0.15) is 10.7 Å². The zero-order valence-electron chi connectivity index (χ0n) is 18.6. The summed E-state index contributed by atoms with van der Waals surface area (Å²) in [6, 6.07) is 15.1. The number of carbonyl (C=O) groups is 2. The first kappa shape index (κ1) is 24.9. The van der Waals surface area contributed by atoms with E-state index in [1.165, 1.54) is 22.5 Å². The third-order valence-corrected chi connectivity index (χ3v) is 7.83. The fourth-order valence-electron chi connectivity index (χ4n) is 3.89. The Kier molecular flexibility index (Phi) is 8.57. The monoisotopic (exact) mass is 476 g/mol. The Hall–Kier alpha value is -2.78. The van der Waals surface area contributed by atoms with Crippen LogP contribution in [-0.2, 0) is 24.3 Å². The SMILES string of the molecule is CC[C@H](CNC(=O)COC(=O)C1CCN(S(=O)(=O)c2ccccc2F)CC1)c1ccccc1. The van der Waals surface area contributed by atoms with E-state index in [1.807, 2.05) is 37.3 Å². The summed E-state index contributed by atoms with van der Waals surface area (Å²) in [5, 5.41) is 2.80.